The lowest BCUT2D eigenvalue weighted by molar-refractivity contribution is 0.555. The minimum absolute atomic E-state index is 0.427. The number of aromatic amines is 1. The Morgan fingerprint density at radius 1 is 1.50 bits per heavy atom. The summed E-state index contributed by atoms with van der Waals surface area (Å²) in [7, 11) is 0. The molecule has 0 atom stereocenters. The minimum Gasteiger partial charge on any atom is -0.408 e. The van der Waals surface area contributed by atoms with Crippen LogP contribution in [0.4, 0.5) is 0 Å². The van der Waals surface area contributed by atoms with Crippen LogP contribution in [0.15, 0.2) is 27.4 Å². The lowest BCUT2D eigenvalue weighted by Crippen LogP contribution is -2.21. The average Bonchev–Trinajstić information content (AvgIpc) is 2.54. The van der Waals surface area contributed by atoms with Gasteiger partial charge in [0.05, 0.1) is 5.52 Å². The molecule has 14 heavy (non-hydrogen) atoms. The van der Waals surface area contributed by atoms with E-state index in [0.717, 1.165) is 5.56 Å². The molecule has 1 aromatic carbocycles. The Morgan fingerprint density at radius 2 is 2.36 bits per heavy atom. The molecule has 0 fully saturated rings. The fourth-order valence-electron chi connectivity index (χ4n) is 1.33. The van der Waals surface area contributed by atoms with Crippen LogP contribution in [0.3, 0.4) is 0 Å². The third-order valence-corrected chi connectivity index (χ3v) is 1.96. The van der Waals surface area contributed by atoms with Gasteiger partial charge in [-0.15, -0.1) is 0 Å². The monoisotopic (exact) mass is 193 g/mol. The first-order valence-electron chi connectivity index (χ1n) is 4.32. The number of hydrogen-bond donors (Lipinski definition) is 3. The molecule has 0 saturated heterocycles. The van der Waals surface area contributed by atoms with Gasteiger partial charge < -0.3 is 15.5 Å². The van der Waals surface area contributed by atoms with Crippen LogP contribution in [-0.2, 0) is 6.54 Å². The third kappa shape index (κ3) is 1.68. The lowest BCUT2D eigenvalue weighted by atomic mass is 10.2. The van der Waals surface area contributed by atoms with Gasteiger partial charge in [-0.25, -0.2) is 4.79 Å². The maximum absolute atomic E-state index is 10.9. The normalized spacial score (nSPS) is 10.9. The Hall–Kier alpha value is -1.59. The molecule has 2 aromatic rings. The molecule has 5 heteroatoms. The molecule has 0 saturated carbocycles. The summed E-state index contributed by atoms with van der Waals surface area (Å²) in [6.07, 6.45) is 0. The van der Waals surface area contributed by atoms with Gasteiger partial charge in [0.1, 0.15) is 0 Å². The molecule has 0 bridgehead atoms. The highest BCUT2D eigenvalue weighted by atomic mass is 16.4. The second kappa shape index (κ2) is 3.65. The Bertz CT molecular complexity index is 486. The summed E-state index contributed by atoms with van der Waals surface area (Å²) in [6, 6.07) is 5.52. The number of benzene rings is 1. The van der Waals surface area contributed by atoms with E-state index in [2.05, 4.69) is 10.3 Å². The van der Waals surface area contributed by atoms with E-state index in [1.54, 1.807) is 6.07 Å². The maximum atomic E-state index is 10.9. The number of nitrogens with one attached hydrogen (secondary N) is 2. The van der Waals surface area contributed by atoms with Crippen molar-refractivity contribution < 1.29 is 4.42 Å². The number of nitrogens with two attached hydrogens (primary N) is 1. The highest BCUT2D eigenvalue weighted by molar-refractivity contribution is 5.72. The van der Waals surface area contributed by atoms with Crippen LogP contribution in [-0.4, -0.2) is 11.7 Å². The fraction of sp³-hybridized carbons (Fsp3) is 0.222. The zero-order valence-electron chi connectivity index (χ0n) is 7.54. The fourth-order valence-corrected chi connectivity index (χ4v) is 1.33. The number of H-pyrrole nitrogens is 1. The van der Waals surface area contributed by atoms with Crippen LogP contribution in [0, 0.1) is 0 Å². The standard InChI is InChI=1S/C9H11N3O2/c10-5-11-4-6-1-2-8-7(3-6)12-9(13)14-8/h1-3,11H,4-5,10H2,(H,12,13). The van der Waals surface area contributed by atoms with Gasteiger partial charge >= 0.3 is 5.76 Å². The Kier molecular flexibility index (Phi) is 2.34. The van der Waals surface area contributed by atoms with Gasteiger partial charge in [0.15, 0.2) is 5.58 Å². The van der Waals surface area contributed by atoms with Crippen molar-refractivity contribution in [3.8, 4) is 0 Å². The van der Waals surface area contributed by atoms with E-state index in [1.807, 2.05) is 12.1 Å². The SMILES string of the molecule is NCNCc1ccc2oc(=O)[nH]c2c1. The van der Waals surface area contributed by atoms with E-state index in [0.29, 0.717) is 24.3 Å². The summed E-state index contributed by atoms with van der Waals surface area (Å²) in [4.78, 5) is 13.5. The molecular formula is C9H11N3O2. The van der Waals surface area contributed by atoms with E-state index in [4.69, 9.17) is 10.2 Å². The smallest absolute Gasteiger partial charge is 0.408 e. The summed E-state index contributed by atoms with van der Waals surface area (Å²) in [5.74, 6) is -0.427. The molecule has 1 heterocycles. The molecule has 0 radical (unpaired) electrons. The quantitative estimate of drug-likeness (QED) is 0.605. The average molecular weight is 193 g/mol. The van der Waals surface area contributed by atoms with Gasteiger partial charge in [-0.2, -0.15) is 0 Å². The summed E-state index contributed by atoms with van der Waals surface area (Å²) in [5, 5.41) is 2.99. The van der Waals surface area contributed by atoms with Crippen molar-refractivity contribution in [1.29, 1.82) is 0 Å². The third-order valence-electron chi connectivity index (χ3n) is 1.96. The van der Waals surface area contributed by atoms with Crippen molar-refractivity contribution in [2.45, 2.75) is 6.54 Å². The van der Waals surface area contributed by atoms with Crippen molar-refractivity contribution in [3.05, 3.63) is 34.3 Å². The minimum atomic E-state index is -0.427. The van der Waals surface area contributed by atoms with Crippen molar-refractivity contribution in [2.24, 2.45) is 5.73 Å². The van der Waals surface area contributed by atoms with Gasteiger partial charge in [0, 0.05) is 13.2 Å². The van der Waals surface area contributed by atoms with Crippen molar-refractivity contribution in [1.82, 2.24) is 10.3 Å². The van der Waals surface area contributed by atoms with E-state index in [1.165, 1.54) is 0 Å². The van der Waals surface area contributed by atoms with Gasteiger partial charge in [-0.1, -0.05) is 6.07 Å². The van der Waals surface area contributed by atoms with E-state index in [9.17, 15) is 4.79 Å². The summed E-state index contributed by atoms with van der Waals surface area (Å²) in [6.45, 7) is 1.11. The number of aromatic nitrogens is 1. The molecule has 0 aliphatic rings. The zero-order chi connectivity index (χ0) is 9.97. The van der Waals surface area contributed by atoms with Crippen molar-refractivity contribution in [3.63, 3.8) is 0 Å². The number of rotatable bonds is 3. The second-order valence-electron chi connectivity index (χ2n) is 2.98. The zero-order valence-corrected chi connectivity index (χ0v) is 7.54. The largest absolute Gasteiger partial charge is 0.417 e. The van der Waals surface area contributed by atoms with Crippen molar-refractivity contribution >= 4 is 11.1 Å². The number of hydrogen-bond acceptors (Lipinski definition) is 4. The van der Waals surface area contributed by atoms with Gasteiger partial charge in [-0.05, 0) is 17.7 Å². The molecule has 0 amide bonds. The van der Waals surface area contributed by atoms with E-state index in [-0.39, 0.29) is 0 Å². The van der Waals surface area contributed by atoms with Crippen LogP contribution < -0.4 is 16.8 Å². The highest BCUT2D eigenvalue weighted by Gasteiger charge is 2.00. The molecule has 74 valence electrons. The summed E-state index contributed by atoms with van der Waals surface area (Å²) >= 11 is 0. The molecule has 0 unspecified atom stereocenters. The van der Waals surface area contributed by atoms with E-state index >= 15 is 0 Å². The van der Waals surface area contributed by atoms with Gasteiger partial charge in [-0.3, -0.25) is 4.98 Å². The first-order valence-corrected chi connectivity index (χ1v) is 4.32. The number of fused-ring (bicyclic) bond motifs is 1. The maximum Gasteiger partial charge on any atom is 0.417 e. The first kappa shape index (κ1) is 8.98. The molecule has 0 aliphatic heterocycles. The molecule has 2 rings (SSSR count). The van der Waals surface area contributed by atoms with Crippen LogP contribution in [0.2, 0.25) is 0 Å². The molecular weight excluding hydrogens is 182 g/mol. The summed E-state index contributed by atoms with van der Waals surface area (Å²) < 4.78 is 4.87. The van der Waals surface area contributed by atoms with Gasteiger partial charge in [0.25, 0.3) is 0 Å². The predicted molar refractivity (Wildman–Crippen MR) is 52.7 cm³/mol. The predicted octanol–water partition coefficient (Wildman–Crippen LogP) is 0.127. The Balaban J connectivity index is 2.35. The van der Waals surface area contributed by atoms with E-state index < -0.39 is 5.76 Å². The molecule has 5 nitrogen and oxygen atoms in total. The molecule has 0 aliphatic carbocycles. The Morgan fingerprint density at radius 3 is 3.14 bits per heavy atom. The summed E-state index contributed by atoms with van der Waals surface area (Å²) in [5.41, 5.74) is 7.65. The molecule has 1 aromatic heterocycles. The first-order chi connectivity index (χ1) is 6.79. The highest BCUT2D eigenvalue weighted by Crippen LogP contribution is 2.11. The number of oxazole rings is 1. The Labute approximate surface area is 79.9 Å². The van der Waals surface area contributed by atoms with Crippen LogP contribution in [0.1, 0.15) is 5.56 Å². The van der Waals surface area contributed by atoms with Crippen LogP contribution >= 0.6 is 0 Å². The van der Waals surface area contributed by atoms with Gasteiger partial charge in [0.2, 0.25) is 0 Å². The van der Waals surface area contributed by atoms with Crippen molar-refractivity contribution in [2.75, 3.05) is 6.67 Å². The topological polar surface area (TPSA) is 84.0 Å². The van der Waals surface area contributed by atoms with Crippen LogP contribution in [0.25, 0.3) is 11.1 Å². The van der Waals surface area contributed by atoms with Crippen LogP contribution in [0.5, 0.6) is 0 Å². The second-order valence-corrected chi connectivity index (χ2v) is 2.98. The molecule has 4 N–H and O–H groups in total. The molecule has 0 spiro atoms. The lowest BCUT2D eigenvalue weighted by Gasteiger charge is -2.00.